The van der Waals surface area contributed by atoms with Gasteiger partial charge in [-0.25, -0.2) is 0 Å². The number of ketones is 1. The molecule has 3 aromatic rings. The van der Waals surface area contributed by atoms with Crippen molar-refractivity contribution in [3.63, 3.8) is 0 Å². The number of hydrogen-bond donors (Lipinski definition) is 2. The number of aromatic amines is 1. The summed E-state index contributed by atoms with van der Waals surface area (Å²) in [7, 11) is 0. The average molecular weight is 405 g/mol. The lowest BCUT2D eigenvalue weighted by Crippen LogP contribution is -2.16. The van der Waals surface area contributed by atoms with Gasteiger partial charge >= 0.3 is 0 Å². The Morgan fingerprint density at radius 2 is 1.88 bits per heavy atom. The van der Waals surface area contributed by atoms with Crippen molar-refractivity contribution in [3.05, 3.63) is 81.0 Å². The van der Waals surface area contributed by atoms with E-state index in [1.54, 1.807) is 36.4 Å². The zero-order valence-corrected chi connectivity index (χ0v) is 14.6. The van der Waals surface area contributed by atoms with Crippen molar-refractivity contribution in [1.82, 2.24) is 10.2 Å². The van der Waals surface area contributed by atoms with E-state index in [2.05, 4.69) is 31.4 Å². The van der Waals surface area contributed by atoms with Gasteiger partial charge in [-0.3, -0.25) is 14.7 Å². The zero-order chi connectivity index (χ0) is 17.1. The lowest BCUT2D eigenvalue weighted by Gasteiger charge is -2.11. The van der Waals surface area contributed by atoms with Crippen molar-refractivity contribution in [2.75, 3.05) is 5.32 Å². The first-order chi connectivity index (χ1) is 11.6. The number of hydrogen-bond acceptors (Lipinski definition) is 3. The highest BCUT2D eigenvalue weighted by Gasteiger charge is 2.18. The van der Waals surface area contributed by atoms with E-state index in [-0.39, 0.29) is 11.5 Å². The number of nitrogens with zero attached hydrogens (tertiary/aromatic N) is 1. The molecule has 1 amide bonds. The fourth-order valence-electron chi connectivity index (χ4n) is 2.17. The Hall–Kier alpha value is -2.44. The molecule has 7 heteroatoms. The molecule has 0 radical (unpaired) electrons. The van der Waals surface area contributed by atoms with Crippen molar-refractivity contribution in [2.24, 2.45) is 0 Å². The highest BCUT2D eigenvalue weighted by molar-refractivity contribution is 9.10. The van der Waals surface area contributed by atoms with Crippen LogP contribution in [0.1, 0.15) is 26.4 Å². The fourth-order valence-corrected chi connectivity index (χ4v) is 2.72. The van der Waals surface area contributed by atoms with Crippen LogP contribution in [0.25, 0.3) is 0 Å². The molecule has 0 fully saturated rings. The number of carbonyl (C=O) groups excluding carboxylic acids is 2. The van der Waals surface area contributed by atoms with Crippen LogP contribution >= 0.6 is 27.5 Å². The second-order valence-corrected chi connectivity index (χ2v) is 6.22. The summed E-state index contributed by atoms with van der Waals surface area (Å²) < 4.78 is 0.532. The van der Waals surface area contributed by atoms with Crippen LogP contribution in [0.3, 0.4) is 0 Å². The summed E-state index contributed by atoms with van der Waals surface area (Å²) in [6.45, 7) is 0. The topological polar surface area (TPSA) is 74.8 Å². The smallest absolute Gasteiger partial charge is 0.274 e. The molecule has 120 valence electrons. The molecule has 0 saturated heterocycles. The predicted octanol–water partition coefficient (Wildman–Crippen LogP) is 4.31. The fraction of sp³-hybridized carbons (Fsp3) is 0. The molecule has 0 atom stereocenters. The van der Waals surface area contributed by atoms with Gasteiger partial charge in [-0.05, 0) is 34.1 Å². The predicted molar refractivity (Wildman–Crippen MR) is 95.6 cm³/mol. The summed E-state index contributed by atoms with van der Waals surface area (Å²) >= 11 is 9.25. The Labute approximate surface area is 151 Å². The van der Waals surface area contributed by atoms with E-state index in [1.165, 1.54) is 12.3 Å². The van der Waals surface area contributed by atoms with Gasteiger partial charge in [-0.15, -0.1) is 0 Å². The van der Waals surface area contributed by atoms with Crippen molar-refractivity contribution in [1.29, 1.82) is 0 Å². The average Bonchev–Trinajstić information content (AvgIpc) is 3.02. The summed E-state index contributed by atoms with van der Waals surface area (Å²) in [5, 5.41) is 9.50. The molecular formula is C17H11BrClN3O2. The SMILES string of the molecule is O=C(c1ccccc1)c1cc(Cl)ccc1NC(=O)c1[nH]ncc1Br. The van der Waals surface area contributed by atoms with Crippen LogP contribution in [0.15, 0.2) is 59.2 Å². The van der Waals surface area contributed by atoms with E-state index in [1.807, 2.05) is 6.07 Å². The van der Waals surface area contributed by atoms with Gasteiger partial charge in [0, 0.05) is 16.1 Å². The minimum absolute atomic E-state index is 0.225. The van der Waals surface area contributed by atoms with Gasteiger partial charge in [0.25, 0.3) is 5.91 Å². The Bertz CT molecular complexity index is 909. The van der Waals surface area contributed by atoms with Crippen LogP contribution in [0.5, 0.6) is 0 Å². The molecule has 0 saturated carbocycles. The second kappa shape index (κ2) is 6.98. The molecule has 1 aromatic heterocycles. The maximum Gasteiger partial charge on any atom is 0.274 e. The third-order valence-corrected chi connectivity index (χ3v) is 4.17. The largest absolute Gasteiger partial charge is 0.320 e. The molecule has 0 spiro atoms. The number of halogens is 2. The molecule has 0 bridgehead atoms. The molecule has 0 unspecified atom stereocenters. The van der Waals surface area contributed by atoms with Gasteiger partial charge in [0.1, 0.15) is 5.69 Å². The van der Waals surface area contributed by atoms with E-state index in [0.29, 0.717) is 26.3 Å². The van der Waals surface area contributed by atoms with Gasteiger partial charge in [0.15, 0.2) is 5.78 Å². The highest BCUT2D eigenvalue weighted by Crippen LogP contribution is 2.25. The summed E-state index contributed by atoms with van der Waals surface area (Å²) in [6.07, 6.45) is 1.48. The molecule has 24 heavy (non-hydrogen) atoms. The second-order valence-electron chi connectivity index (χ2n) is 4.93. The van der Waals surface area contributed by atoms with Crippen LogP contribution in [0.2, 0.25) is 5.02 Å². The number of rotatable bonds is 4. The zero-order valence-electron chi connectivity index (χ0n) is 12.2. The first-order valence-electron chi connectivity index (χ1n) is 6.96. The summed E-state index contributed by atoms with van der Waals surface area (Å²) in [4.78, 5) is 25.1. The van der Waals surface area contributed by atoms with Crippen LogP contribution in [0.4, 0.5) is 5.69 Å². The van der Waals surface area contributed by atoms with Gasteiger partial charge in [0.05, 0.1) is 16.4 Å². The third kappa shape index (κ3) is 3.39. The number of aromatic nitrogens is 2. The Balaban J connectivity index is 1.96. The van der Waals surface area contributed by atoms with Crippen LogP contribution < -0.4 is 5.32 Å². The number of anilines is 1. The van der Waals surface area contributed by atoms with Crippen LogP contribution in [-0.4, -0.2) is 21.9 Å². The van der Waals surface area contributed by atoms with Crippen molar-refractivity contribution in [3.8, 4) is 0 Å². The van der Waals surface area contributed by atoms with Crippen LogP contribution in [-0.2, 0) is 0 Å². The Kier molecular flexibility index (Phi) is 4.78. The van der Waals surface area contributed by atoms with E-state index in [4.69, 9.17) is 11.6 Å². The standard InChI is InChI=1S/C17H11BrClN3O2/c18-13-9-20-22-15(13)17(24)21-14-7-6-11(19)8-12(14)16(23)10-4-2-1-3-5-10/h1-9H,(H,20,22)(H,21,24). The maximum absolute atomic E-state index is 12.7. The van der Waals surface area contributed by atoms with E-state index < -0.39 is 5.91 Å². The molecule has 3 rings (SSSR count). The molecule has 2 aromatic carbocycles. The molecule has 0 aliphatic heterocycles. The molecule has 0 aliphatic rings. The first-order valence-corrected chi connectivity index (χ1v) is 8.13. The number of amides is 1. The van der Waals surface area contributed by atoms with Crippen molar-refractivity contribution < 1.29 is 9.59 Å². The quantitative estimate of drug-likeness (QED) is 0.636. The highest BCUT2D eigenvalue weighted by atomic mass is 79.9. The lowest BCUT2D eigenvalue weighted by atomic mass is 10.0. The van der Waals surface area contributed by atoms with Crippen molar-refractivity contribution in [2.45, 2.75) is 0 Å². The summed E-state index contributed by atoms with van der Waals surface area (Å²) in [6, 6.07) is 13.5. The van der Waals surface area contributed by atoms with E-state index >= 15 is 0 Å². The minimum atomic E-state index is -0.413. The van der Waals surface area contributed by atoms with Gasteiger partial charge < -0.3 is 5.32 Å². The van der Waals surface area contributed by atoms with E-state index in [0.717, 1.165) is 0 Å². The van der Waals surface area contributed by atoms with E-state index in [9.17, 15) is 9.59 Å². The lowest BCUT2D eigenvalue weighted by molar-refractivity contribution is 0.102. The number of benzene rings is 2. The maximum atomic E-state index is 12.7. The molecule has 0 aliphatic carbocycles. The molecular weight excluding hydrogens is 394 g/mol. The van der Waals surface area contributed by atoms with Gasteiger partial charge in [-0.1, -0.05) is 41.9 Å². The van der Waals surface area contributed by atoms with Gasteiger partial charge in [0.2, 0.25) is 0 Å². The molecule has 5 nitrogen and oxygen atoms in total. The molecule has 2 N–H and O–H groups in total. The summed E-state index contributed by atoms with van der Waals surface area (Å²) in [5.74, 6) is -0.638. The monoisotopic (exact) mass is 403 g/mol. The van der Waals surface area contributed by atoms with Crippen molar-refractivity contribution >= 4 is 44.9 Å². The summed E-state index contributed by atoms with van der Waals surface area (Å²) in [5.41, 5.74) is 1.47. The minimum Gasteiger partial charge on any atom is -0.320 e. The Morgan fingerprint density at radius 1 is 1.12 bits per heavy atom. The first kappa shape index (κ1) is 16.4. The molecule has 1 heterocycles. The number of carbonyl (C=O) groups is 2. The van der Waals surface area contributed by atoms with Gasteiger partial charge in [-0.2, -0.15) is 5.10 Å². The Morgan fingerprint density at radius 3 is 2.54 bits per heavy atom. The van der Waals surface area contributed by atoms with Crippen LogP contribution in [0, 0.1) is 0 Å². The number of H-pyrrole nitrogens is 1. The number of nitrogens with one attached hydrogen (secondary N) is 2. The normalized spacial score (nSPS) is 10.4. The third-order valence-electron chi connectivity index (χ3n) is 3.33.